The largest absolute Gasteiger partial charge is 0.399 e. The molecule has 4 heteroatoms. The van der Waals surface area contributed by atoms with Gasteiger partial charge in [0.15, 0.2) is 0 Å². The van der Waals surface area contributed by atoms with E-state index in [1.54, 1.807) is 0 Å². The van der Waals surface area contributed by atoms with Gasteiger partial charge in [-0.1, -0.05) is 30.3 Å². The van der Waals surface area contributed by atoms with E-state index >= 15 is 0 Å². The quantitative estimate of drug-likeness (QED) is 0.628. The van der Waals surface area contributed by atoms with Crippen LogP contribution in [0.3, 0.4) is 0 Å². The van der Waals surface area contributed by atoms with Crippen LogP contribution in [0.1, 0.15) is 11.6 Å². The Kier molecular flexibility index (Phi) is 4.35. The summed E-state index contributed by atoms with van der Waals surface area (Å²) in [7, 11) is 2.20. The summed E-state index contributed by atoms with van der Waals surface area (Å²) < 4.78 is 1.22. The Morgan fingerprint density at radius 1 is 1.10 bits per heavy atom. The predicted molar refractivity (Wildman–Crippen MR) is 97.6 cm³/mol. The normalized spacial score (nSPS) is 19.7. The molecule has 0 radical (unpaired) electrons. The summed E-state index contributed by atoms with van der Waals surface area (Å²) in [6, 6.07) is 17.4. The minimum atomic E-state index is 0.391. The highest BCUT2D eigenvalue weighted by Gasteiger charge is 2.27. The second kappa shape index (κ2) is 6.23. The molecule has 1 saturated heterocycles. The molecule has 21 heavy (non-hydrogen) atoms. The highest BCUT2D eigenvalue weighted by atomic mass is 127. The summed E-state index contributed by atoms with van der Waals surface area (Å²) in [6.07, 6.45) is 0. The number of anilines is 2. The van der Waals surface area contributed by atoms with Gasteiger partial charge in [0.1, 0.15) is 0 Å². The van der Waals surface area contributed by atoms with Crippen molar-refractivity contribution in [1.82, 2.24) is 4.90 Å². The van der Waals surface area contributed by atoms with Gasteiger partial charge in [-0.05, 0) is 53.4 Å². The SMILES string of the molecule is CN1CCN(c2ccc(N)cc2I)C(c2ccccc2)C1. The van der Waals surface area contributed by atoms with E-state index in [1.165, 1.54) is 14.8 Å². The maximum atomic E-state index is 5.89. The standard InChI is InChI=1S/C17H20IN3/c1-20-9-10-21(16-8-7-14(19)11-15(16)18)17(12-20)13-5-3-2-4-6-13/h2-8,11,17H,9-10,12,19H2,1H3. The predicted octanol–water partition coefficient (Wildman–Crippen LogP) is 3.37. The van der Waals surface area contributed by atoms with Crippen LogP contribution in [0.4, 0.5) is 11.4 Å². The number of piperazine rings is 1. The molecule has 0 saturated carbocycles. The Hall–Kier alpha value is -1.27. The van der Waals surface area contributed by atoms with E-state index in [-0.39, 0.29) is 0 Å². The monoisotopic (exact) mass is 393 g/mol. The molecule has 2 N–H and O–H groups in total. The average molecular weight is 393 g/mol. The van der Waals surface area contributed by atoms with Gasteiger partial charge in [-0.15, -0.1) is 0 Å². The van der Waals surface area contributed by atoms with Crippen molar-refractivity contribution in [3.05, 3.63) is 57.7 Å². The van der Waals surface area contributed by atoms with Crippen molar-refractivity contribution >= 4 is 34.0 Å². The molecule has 1 atom stereocenters. The molecule has 1 unspecified atom stereocenters. The van der Waals surface area contributed by atoms with Gasteiger partial charge in [0, 0.05) is 28.9 Å². The van der Waals surface area contributed by atoms with Crippen LogP contribution in [0.15, 0.2) is 48.5 Å². The summed E-state index contributed by atoms with van der Waals surface area (Å²) in [5.41, 5.74) is 9.38. The van der Waals surface area contributed by atoms with Crippen LogP contribution in [-0.2, 0) is 0 Å². The van der Waals surface area contributed by atoms with Crippen LogP contribution < -0.4 is 10.6 Å². The van der Waals surface area contributed by atoms with Crippen molar-refractivity contribution < 1.29 is 0 Å². The first-order valence-electron chi connectivity index (χ1n) is 7.20. The first-order valence-corrected chi connectivity index (χ1v) is 8.28. The van der Waals surface area contributed by atoms with Crippen molar-refractivity contribution in [3.63, 3.8) is 0 Å². The summed E-state index contributed by atoms with van der Waals surface area (Å²) in [5.74, 6) is 0. The zero-order valence-electron chi connectivity index (χ0n) is 12.2. The number of hydrogen-bond donors (Lipinski definition) is 1. The van der Waals surface area contributed by atoms with Crippen LogP contribution in [0.2, 0.25) is 0 Å². The van der Waals surface area contributed by atoms with Crippen LogP contribution in [-0.4, -0.2) is 31.6 Å². The van der Waals surface area contributed by atoms with E-state index in [2.05, 4.69) is 81.9 Å². The Labute approximate surface area is 139 Å². The molecule has 0 bridgehead atoms. The molecule has 1 aliphatic heterocycles. The van der Waals surface area contributed by atoms with Gasteiger partial charge in [-0.2, -0.15) is 0 Å². The second-order valence-electron chi connectivity index (χ2n) is 5.59. The second-order valence-corrected chi connectivity index (χ2v) is 6.76. The fourth-order valence-corrected chi connectivity index (χ4v) is 3.77. The maximum absolute atomic E-state index is 5.89. The number of hydrogen-bond acceptors (Lipinski definition) is 3. The highest BCUT2D eigenvalue weighted by Crippen LogP contribution is 2.34. The van der Waals surface area contributed by atoms with E-state index in [9.17, 15) is 0 Å². The average Bonchev–Trinajstić information content (AvgIpc) is 2.49. The van der Waals surface area contributed by atoms with Crippen molar-refractivity contribution in [2.75, 3.05) is 37.3 Å². The molecular formula is C17H20IN3. The van der Waals surface area contributed by atoms with Crippen molar-refractivity contribution in [2.24, 2.45) is 0 Å². The fourth-order valence-electron chi connectivity index (χ4n) is 2.92. The van der Waals surface area contributed by atoms with Gasteiger partial charge in [-0.3, -0.25) is 0 Å². The first-order chi connectivity index (χ1) is 10.1. The third-order valence-electron chi connectivity index (χ3n) is 4.05. The molecule has 3 nitrogen and oxygen atoms in total. The van der Waals surface area contributed by atoms with Crippen LogP contribution in [0.5, 0.6) is 0 Å². The molecule has 0 spiro atoms. The number of rotatable bonds is 2. The lowest BCUT2D eigenvalue weighted by Crippen LogP contribution is -2.47. The smallest absolute Gasteiger partial charge is 0.0670 e. The Bertz CT molecular complexity index is 615. The van der Waals surface area contributed by atoms with Crippen LogP contribution in [0, 0.1) is 3.57 Å². The van der Waals surface area contributed by atoms with Crippen LogP contribution in [0.25, 0.3) is 0 Å². The molecule has 3 rings (SSSR count). The first kappa shape index (κ1) is 14.7. The molecule has 2 aromatic carbocycles. The Morgan fingerprint density at radius 3 is 2.57 bits per heavy atom. The molecule has 0 amide bonds. The zero-order valence-corrected chi connectivity index (χ0v) is 14.3. The highest BCUT2D eigenvalue weighted by molar-refractivity contribution is 14.1. The molecule has 0 aliphatic carbocycles. The van der Waals surface area contributed by atoms with Gasteiger partial charge in [0.25, 0.3) is 0 Å². The van der Waals surface area contributed by atoms with Gasteiger partial charge in [0.2, 0.25) is 0 Å². The minimum Gasteiger partial charge on any atom is -0.399 e. The topological polar surface area (TPSA) is 32.5 Å². The molecule has 0 aromatic heterocycles. The number of likely N-dealkylation sites (N-methyl/N-ethyl adjacent to an activating group) is 1. The summed E-state index contributed by atoms with van der Waals surface area (Å²) in [6.45, 7) is 3.17. The van der Waals surface area contributed by atoms with E-state index in [1.807, 2.05) is 6.07 Å². The van der Waals surface area contributed by atoms with Crippen molar-refractivity contribution in [1.29, 1.82) is 0 Å². The Balaban J connectivity index is 1.98. The summed E-state index contributed by atoms with van der Waals surface area (Å²) >= 11 is 2.39. The van der Waals surface area contributed by atoms with Gasteiger partial charge < -0.3 is 15.5 Å². The van der Waals surface area contributed by atoms with Gasteiger partial charge in [-0.25, -0.2) is 0 Å². The van der Waals surface area contributed by atoms with E-state index in [4.69, 9.17) is 5.73 Å². The lowest BCUT2D eigenvalue weighted by atomic mass is 10.0. The van der Waals surface area contributed by atoms with E-state index in [0.717, 1.165) is 25.3 Å². The van der Waals surface area contributed by atoms with Crippen molar-refractivity contribution in [3.8, 4) is 0 Å². The molecule has 2 aromatic rings. The molecule has 1 heterocycles. The number of nitrogens with zero attached hydrogens (tertiary/aromatic N) is 2. The summed E-state index contributed by atoms with van der Waals surface area (Å²) in [5, 5.41) is 0. The Morgan fingerprint density at radius 2 is 1.86 bits per heavy atom. The zero-order chi connectivity index (χ0) is 14.8. The molecule has 1 aliphatic rings. The number of nitrogen functional groups attached to an aromatic ring is 1. The fraction of sp³-hybridized carbons (Fsp3) is 0.294. The van der Waals surface area contributed by atoms with Gasteiger partial charge >= 0.3 is 0 Å². The molecular weight excluding hydrogens is 373 g/mol. The number of benzene rings is 2. The number of halogens is 1. The van der Waals surface area contributed by atoms with E-state index < -0.39 is 0 Å². The van der Waals surface area contributed by atoms with Gasteiger partial charge in [0.05, 0.1) is 11.7 Å². The third-order valence-corrected chi connectivity index (χ3v) is 4.91. The van der Waals surface area contributed by atoms with Crippen LogP contribution >= 0.6 is 22.6 Å². The molecule has 110 valence electrons. The summed E-state index contributed by atoms with van der Waals surface area (Å²) in [4.78, 5) is 4.91. The molecule has 1 fully saturated rings. The maximum Gasteiger partial charge on any atom is 0.0670 e. The lowest BCUT2D eigenvalue weighted by molar-refractivity contribution is 0.269. The van der Waals surface area contributed by atoms with Crippen molar-refractivity contribution in [2.45, 2.75) is 6.04 Å². The lowest BCUT2D eigenvalue weighted by Gasteiger charge is -2.42. The minimum absolute atomic E-state index is 0.391. The number of nitrogens with two attached hydrogens (primary N) is 1. The van der Waals surface area contributed by atoms with E-state index in [0.29, 0.717) is 6.04 Å². The third kappa shape index (κ3) is 3.16.